The van der Waals surface area contributed by atoms with E-state index in [1.165, 1.54) is 0 Å². The smallest absolute Gasteiger partial charge is 0.268 e. The summed E-state index contributed by atoms with van der Waals surface area (Å²) in [6.07, 6.45) is 2.12. The van der Waals surface area contributed by atoms with Crippen molar-refractivity contribution < 1.29 is 9.53 Å². The molecule has 4 nitrogen and oxygen atoms in total. The van der Waals surface area contributed by atoms with Crippen LogP contribution in [0.2, 0.25) is 0 Å². The van der Waals surface area contributed by atoms with E-state index in [1.54, 1.807) is 7.11 Å². The molecule has 0 radical (unpaired) electrons. The molecule has 21 heavy (non-hydrogen) atoms. The molecule has 0 bridgehead atoms. The first-order valence-corrected chi connectivity index (χ1v) is 8.37. The number of hydrogen-bond donors (Lipinski definition) is 1. The highest BCUT2D eigenvalue weighted by Gasteiger charge is 2.20. The Balaban J connectivity index is 1.89. The number of ether oxygens (including phenoxy) is 1. The molecule has 0 atom stereocenters. The van der Waals surface area contributed by atoms with Crippen LogP contribution < -0.4 is 10.1 Å². The topological polar surface area (TPSA) is 43.3 Å². The molecule has 1 aromatic heterocycles. The second-order valence-corrected chi connectivity index (χ2v) is 6.57. The van der Waals surface area contributed by atoms with Gasteiger partial charge in [0.1, 0.15) is 11.4 Å². The van der Waals surface area contributed by atoms with Crippen molar-refractivity contribution in [2.45, 2.75) is 18.9 Å². The molecule has 1 amide bonds. The van der Waals surface area contributed by atoms with Crippen LogP contribution in [0.1, 0.15) is 23.3 Å². The third-order valence-corrected chi connectivity index (χ3v) is 5.10. The fraction of sp³-hybridized carbons (Fsp3) is 0.438. The lowest BCUT2D eigenvalue weighted by Crippen LogP contribution is -2.38. The van der Waals surface area contributed by atoms with Gasteiger partial charge in [0.25, 0.3) is 5.91 Å². The Bertz CT molecular complexity index is 660. The molecule has 1 saturated heterocycles. The van der Waals surface area contributed by atoms with Crippen LogP contribution in [-0.2, 0) is 7.05 Å². The summed E-state index contributed by atoms with van der Waals surface area (Å²) in [7, 11) is 3.58. The van der Waals surface area contributed by atoms with Crippen LogP contribution in [0.4, 0.5) is 0 Å². The van der Waals surface area contributed by atoms with E-state index >= 15 is 0 Å². The number of aromatic nitrogens is 1. The van der Waals surface area contributed by atoms with Crippen molar-refractivity contribution in [2.24, 2.45) is 7.05 Å². The van der Waals surface area contributed by atoms with Gasteiger partial charge in [0.15, 0.2) is 0 Å². The third kappa shape index (κ3) is 2.75. The van der Waals surface area contributed by atoms with Crippen molar-refractivity contribution in [3.63, 3.8) is 0 Å². The van der Waals surface area contributed by atoms with Crippen LogP contribution in [0.15, 0.2) is 24.3 Å². The second-order valence-electron chi connectivity index (χ2n) is 5.34. The van der Waals surface area contributed by atoms with Crippen LogP contribution in [-0.4, -0.2) is 35.1 Å². The third-order valence-electron chi connectivity index (χ3n) is 4.06. The van der Waals surface area contributed by atoms with Crippen molar-refractivity contribution in [1.82, 2.24) is 9.88 Å². The van der Waals surface area contributed by atoms with Gasteiger partial charge in [-0.1, -0.05) is 6.07 Å². The number of fused-ring (bicyclic) bond motifs is 1. The minimum Gasteiger partial charge on any atom is -0.496 e. The lowest BCUT2D eigenvalue weighted by atomic mass is 10.1. The highest BCUT2D eigenvalue weighted by molar-refractivity contribution is 7.99. The molecule has 0 spiro atoms. The molecule has 2 aromatic rings. The first-order valence-electron chi connectivity index (χ1n) is 7.21. The summed E-state index contributed by atoms with van der Waals surface area (Å²) < 4.78 is 7.31. The minimum atomic E-state index is 0.00709. The second kappa shape index (κ2) is 6.02. The summed E-state index contributed by atoms with van der Waals surface area (Å²) >= 11 is 1.96. The van der Waals surface area contributed by atoms with E-state index in [0.29, 0.717) is 11.7 Å². The highest BCUT2D eigenvalue weighted by Crippen LogP contribution is 2.28. The number of rotatable bonds is 3. The van der Waals surface area contributed by atoms with E-state index in [0.717, 1.165) is 41.0 Å². The molecule has 0 saturated carbocycles. The van der Waals surface area contributed by atoms with E-state index in [4.69, 9.17) is 4.74 Å². The summed E-state index contributed by atoms with van der Waals surface area (Å²) in [6, 6.07) is 8.09. The normalized spacial score (nSPS) is 16.1. The van der Waals surface area contributed by atoms with Gasteiger partial charge in [-0.2, -0.15) is 11.8 Å². The van der Waals surface area contributed by atoms with Crippen LogP contribution in [0, 0.1) is 0 Å². The van der Waals surface area contributed by atoms with Crippen LogP contribution in [0.25, 0.3) is 10.9 Å². The maximum absolute atomic E-state index is 12.5. The molecule has 0 aliphatic carbocycles. The number of thioether (sulfide) groups is 1. The Morgan fingerprint density at radius 2 is 2.14 bits per heavy atom. The number of methoxy groups -OCH3 is 1. The van der Waals surface area contributed by atoms with Gasteiger partial charge in [0.2, 0.25) is 0 Å². The molecule has 1 fully saturated rings. The molecule has 3 rings (SSSR count). The van der Waals surface area contributed by atoms with Crippen molar-refractivity contribution in [1.29, 1.82) is 0 Å². The minimum absolute atomic E-state index is 0.00709. The largest absolute Gasteiger partial charge is 0.496 e. The number of benzene rings is 1. The predicted octanol–water partition coefficient (Wildman–Crippen LogP) is 2.81. The van der Waals surface area contributed by atoms with E-state index in [-0.39, 0.29) is 5.91 Å². The maximum Gasteiger partial charge on any atom is 0.268 e. The Morgan fingerprint density at radius 3 is 2.86 bits per heavy atom. The van der Waals surface area contributed by atoms with Gasteiger partial charge in [-0.15, -0.1) is 0 Å². The van der Waals surface area contributed by atoms with E-state index in [2.05, 4.69) is 5.32 Å². The Kier molecular flexibility index (Phi) is 4.10. The van der Waals surface area contributed by atoms with Crippen LogP contribution in [0.5, 0.6) is 5.75 Å². The quantitative estimate of drug-likeness (QED) is 0.948. The predicted molar refractivity (Wildman–Crippen MR) is 87.3 cm³/mol. The van der Waals surface area contributed by atoms with Crippen molar-refractivity contribution in [3.8, 4) is 5.75 Å². The average molecular weight is 304 g/mol. The van der Waals surface area contributed by atoms with Crippen LogP contribution >= 0.6 is 11.8 Å². The van der Waals surface area contributed by atoms with Gasteiger partial charge in [0.05, 0.1) is 12.6 Å². The van der Waals surface area contributed by atoms with Gasteiger partial charge >= 0.3 is 0 Å². The Morgan fingerprint density at radius 1 is 1.38 bits per heavy atom. The molecule has 2 heterocycles. The molecule has 1 aliphatic heterocycles. The first-order chi connectivity index (χ1) is 10.2. The van der Waals surface area contributed by atoms with E-state index in [9.17, 15) is 4.79 Å². The maximum atomic E-state index is 12.5. The highest BCUT2D eigenvalue weighted by atomic mass is 32.2. The summed E-state index contributed by atoms with van der Waals surface area (Å²) in [5, 5.41) is 4.14. The fourth-order valence-electron chi connectivity index (χ4n) is 2.83. The van der Waals surface area contributed by atoms with Gasteiger partial charge in [-0.05, 0) is 42.5 Å². The molecule has 112 valence electrons. The summed E-state index contributed by atoms with van der Waals surface area (Å²) in [4.78, 5) is 12.5. The van der Waals surface area contributed by atoms with Gasteiger partial charge in [-0.3, -0.25) is 4.79 Å². The number of nitrogens with one attached hydrogen (secondary N) is 1. The molecular formula is C16H20N2O2S. The fourth-order valence-corrected chi connectivity index (χ4v) is 3.94. The molecular weight excluding hydrogens is 284 g/mol. The SMILES string of the molecule is COc1cccc2c1cc(C(=O)NC1CCSCC1)n2C. The van der Waals surface area contributed by atoms with Crippen molar-refractivity contribution in [2.75, 3.05) is 18.6 Å². The summed E-state index contributed by atoms with van der Waals surface area (Å²) in [5.41, 5.74) is 1.70. The zero-order chi connectivity index (χ0) is 14.8. The van der Waals surface area contributed by atoms with Crippen molar-refractivity contribution >= 4 is 28.6 Å². The Hall–Kier alpha value is -1.62. The summed E-state index contributed by atoms with van der Waals surface area (Å²) in [6.45, 7) is 0. The number of carbonyl (C=O) groups excluding carboxylic acids is 1. The van der Waals surface area contributed by atoms with E-state index in [1.807, 2.05) is 47.6 Å². The molecule has 0 unspecified atom stereocenters. The first kappa shape index (κ1) is 14.3. The molecule has 5 heteroatoms. The van der Waals surface area contributed by atoms with Gasteiger partial charge in [0, 0.05) is 18.5 Å². The lowest BCUT2D eigenvalue weighted by molar-refractivity contribution is 0.0927. The van der Waals surface area contributed by atoms with Gasteiger partial charge in [-0.25, -0.2) is 0 Å². The number of hydrogen-bond acceptors (Lipinski definition) is 3. The molecule has 1 aliphatic rings. The summed E-state index contributed by atoms with van der Waals surface area (Å²) in [5.74, 6) is 3.07. The number of amides is 1. The average Bonchev–Trinajstić information content (AvgIpc) is 2.86. The monoisotopic (exact) mass is 304 g/mol. The number of carbonyl (C=O) groups is 1. The lowest BCUT2D eigenvalue weighted by Gasteiger charge is -2.22. The zero-order valence-electron chi connectivity index (χ0n) is 12.4. The molecule has 1 N–H and O–H groups in total. The zero-order valence-corrected chi connectivity index (χ0v) is 13.2. The van der Waals surface area contributed by atoms with Crippen molar-refractivity contribution in [3.05, 3.63) is 30.0 Å². The van der Waals surface area contributed by atoms with Gasteiger partial charge < -0.3 is 14.6 Å². The van der Waals surface area contributed by atoms with Crippen LogP contribution in [0.3, 0.4) is 0 Å². The number of nitrogens with zero attached hydrogens (tertiary/aromatic N) is 1. The number of aryl methyl sites for hydroxylation is 1. The Labute approximate surface area is 128 Å². The molecule has 1 aromatic carbocycles. The standard InChI is InChI=1S/C16H20N2O2S/c1-18-13-4-3-5-15(20-2)12(13)10-14(18)16(19)17-11-6-8-21-9-7-11/h3-5,10-11H,6-9H2,1-2H3,(H,17,19). The van der Waals surface area contributed by atoms with E-state index < -0.39 is 0 Å².